The summed E-state index contributed by atoms with van der Waals surface area (Å²) in [5.74, 6) is 0. The van der Waals surface area contributed by atoms with E-state index >= 15 is 0 Å². The van der Waals surface area contributed by atoms with Crippen LogP contribution in [0.2, 0.25) is 0 Å². The monoisotopic (exact) mass is 292 g/mol. The zero-order chi connectivity index (χ0) is 10.9. The summed E-state index contributed by atoms with van der Waals surface area (Å²) >= 11 is 5.12. The molecule has 4 heteroatoms. The van der Waals surface area contributed by atoms with E-state index in [9.17, 15) is 0 Å². The predicted molar refractivity (Wildman–Crippen MR) is 67.4 cm³/mol. The quantitative estimate of drug-likeness (QED) is 0.678. The van der Waals surface area contributed by atoms with Crippen LogP contribution in [0.5, 0.6) is 0 Å². The molecule has 1 heterocycles. The van der Waals surface area contributed by atoms with E-state index in [1.54, 1.807) is 11.3 Å². The van der Waals surface area contributed by atoms with E-state index in [0.717, 1.165) is 17.5 Å². The molecule has 86 valence electrons. The van der Waals surface area contributed by atoms with Crippen molar-refractivity contribution in [2.24, 2.45) is 0 Å². The van der Waals surface area contributed by atoms with Crippen LogP contribution in [0.15, 0.2) is 15.9 Å². The number of hydrogen-bond acceptors (Lipinski definition) is 3. The number of hydrogen-bond donors (Lipinski definition) is 0. The number of thiophene rings is 1. The van der Waals surface area contributed by atoms with E-state index in [4.69, 9.17) is 9.47 Å². The molecule has 0 saturated carbocycles. The van der Waals surface area contributed by atoms with Crippen LogP contribution in [0.1, 0.15) is 24.6 Å². The van der Waals surface area contributed by atoms with Gasteiger partial charge in [0.1, 0.15) is 0 Å². The van der Waals surface area contributed by atoms with Gasteiger partial charge in [-0.05, 0) is 28.4 Å². The van der Waals surface area contributed by atoms with Crippen LogP contribution in [0.3, 0.4) is 0 Å². The van der Waals surface area contributed by atoms with Gasteiger partial charge in [0.25, 0.3) is 0 Å². The van der Waals surface area contributed by atoms with Gasteiger partial charge in [0.05, 0.1) is 19.8 Å². The lowest BCUT2D eigenvalue weighted by Crippen LogP contribution is -2.04. The first-order valence-electron chi connectivity index (χ1n) is 5.21. The minimum atomic E-state index is 0.680. The molecule has 0 unspecified atom stereocenters. The van der Waals surface area contributed by atoms with Gasteiger partial charge in [0, 0.05) is 21.3 Å². The van der Waals surface area contributed by atoms with E-state index in [-0.39, 0.29) is 0 Å². The molecule has 0 aromatic carbocycles. The third kappa shape index (κ3) is 6.30. The Kier molecular flexibility index (Phi) is 7.26. The normalized spacial score (nSPS) is 10.8. The van der Waals surface area contributed by atoms with Gasteiger partial charge in [-0.1, -0.05) is 13.3 Å². The van der Waals surface area contributed by atoms with Gasteiger partial charge in [0.2, 0.25) is 0 Å². The summed E-state index contributed by atoms with van der Waals surface area (Å²) in [6.07, 6.45) is 2.32. The Hall–Kier alpha value is 0.1000. The Bertz CT molecular complexity index is 263. The van der Waals surface area contributed by atoms with E-state index in [1.807, 2.05) is 0 Å². The highest BCUT2D eigenvalue weighted by Gasteiger charge is 1.97. The molecule has 0 saturated heterocycles. The van der Waals surface area contributed by atoms with Crippen molar-refractivity contribution in [3.05, 3.63) is 20.8 Å². The standard InChI is InChI=1S/C11H17BrO2S/c1-2-3-4-13-5-6-14-8-11-7-10(12)9-15-11/h7,9H,2-6,8H2,1H3. The van der Waals surface area contributed by atoms with Crippen molar-refractivity contribution in [1.82, 2.24) is 0 Å². The van der Waals surface area contributed by atoms with Crippen LogP contribution in [0.4, 0.5) is 0 Å². The van der Waals surface area contributed by atoms with Crippen LogP contribution < -0.4 is 0 Å². The number of halogens is 1. The highest BCUT2D eigenvalue weighted by atomic mass is 79.9. The van der Waals surface area contributed by atoms with Gasteiger partial charge >= 0.3 is 0 Å². The Morgan fingerprint density at radius 3 is 2.73 bits per heavy atom. The molecule has 1 rings (SSSR count). The summed E-state index contributed by atoms with van der Waals surface area (Å²) in [6.45, 7) is 5.08. The van der Waals surface area contributed by atoms with Gasteiger partial charge < -0.3 is 9.47 Å². The first kappa shape index (κ1) is 13.2. The fourth-order valence-corrected chi connectivity index (χ4v) is 2.46. The summed E-state index contributed by atoms with van der Waals surface area (Å²) in [6, 6.07) is 2.09. The van der Waals surface area contributed by atoms with E-state index < -0.39 is 0 Å². The molecule has 1 aromatic rings. The molecule has 0 atom stereocenters. The fraction of sp³-hybridized carbons (Fsp3) is 0.636. The lowest BCUT2D eigenvalue weighted by Gasteiger charge is -2.03. The SMILES string of the molecule is CCCCOCCOCc1cc(Br)cs1. The summed E-state index contributed by atoms with van der Waals surface area (Å²) in [5, 5.41) is 2.07. The van der Waals surface area contributed by atoms with E-state index in [2.05, 4.69) is 34.3 Å². The molecule has 0 spiro atoms. The van der Waals surface area contributed by atoms with Crippen LogP contribution in [0, 0.1) is 0 Å². The molecule has 0 radical (unpaired) electrons. The van der Waals surface area contributed by atoms with Crippen molar-refractivity contribution in [2.75, 3.05) is 19.8 Å². The van der Waals surface area contributed by atoms with Crippen molar-refractivity contribution < 1.29 is 9.47 Å². The van der Waals surface area contributed by atoms with Gasteiger partial charge in [-0.25, -0.2) is 0 Å². The molecular formula is C11H17BrO2S. The van der Waals surface area contributed by atoms with Gasteiger partial charge in [-0.3, -0.25) is 0 Å². The Morgan fingerprint density at radius 2 is 2.07 bits per heavy atom. The predicted octanol–water partition coefficient (Wildman–Crippen LogP) is 3.84. The van der Waals surface area contributed by atoms with Crippen molar-refractivity contribution in [3.8, 4) is 0 Å². The third-order valence-corrected chi connectivity index (χ3v) is 3.55. The van der Waals surface area contributed by atoms with Crippen molar-refractivity contribution >= 4 is 27.3 Å². The Labute approximate surface area is 104 Å². The number of rotatable bonds is 8. The van der Waals surface area contributed by atoms with Crippen LogP contribution in [-0.4, -0.2) is 19.8 Å². The summed E-state index contributed by atoms with van der Waals surface area (Å²) < 4.78 is 12.0. The van der Waals surface area contributed by atoms with Gasteiger partial charge in [0.15, 0.2) is 0 Å². The average molecular weight is 293 g/mol. The van der Waals surface area contributed by atoms with Crippen molar-refractivity contribution in [2.45, 2.75) is 26.4 Å². The highest BCUT2D eigenvalue weighted by molar-refractivity contribution is 9.10. The molecule has 0 aliphatic carbocycles. The molecule has 0 aliphatic rings. The molecule has 0 fully saturated rings. The summed E-state index contributed by atoms with van der Waals surface area (Å²) in [7, 11) is 0. The van der Waals surface area contributed by atoms with E-state index in [1.165, 1.54) is 11.3 Å². The molecule has 0 bridgehead atoms. The first-order chi connectivity index (χ1) is 7.33. The average Bonchev–Trinajstić information content (AvgIpc) is 2.63. The lowest BCUT2D eigenvalue weighted by molar-refractivity contribution is 0.0405. The van der Waals surface area contributed by atoms with E-state index in [0.29, 0.717) is 19.8 Å². The highest BCUT2D eigenvalue weighted by Crippen LogP contribution is 2.20. The lowest BCUT2D eigenvalue weighted by atomic mass is 10.4. The second kappa shape index (κ2) is 8.28. The number of unbranched alkanes of at least 4 members (excludes halogenated alkanes) is 1. The molecule has 1 aromatic heterocycles. The first-order valence-corrected chi connectivity index (χ1v) is 6.88. The molecule has 0 N–H and O–H groups in total. The molecule has 0 amide bonds. The maximum Gasteiger partial charge on any atom is 0.0810 e. The minimum absolute atomic E-state index is 0.680. The number of ether oxygens (including phenoxy) is 2. The van der Waals surface area contributed by atoms with Gasteiger partial charge in [-0.2, -0.15) is 0 Å². The largest absolute Gasteiger partial charge is 0.379 e. The zero-order valence-corrected chi connectivity index (χ0v) is 11.4. The summed E-state index contributed by atoms with van der Waals surface area (Å²) in [4.78, 5) is 1.25. The zero-order valence-electron chi connectivity index (χ0n) is 9.00. The second-order valence-corrected chi connectivity index (χ2v) is 5.16. The van der Waals surface area contributed by atoms with Crippen molar-refractivity contribution in [3.63, 3.8) is 0 Å². The summed E-state index contributed by atoms with van der Waals surface area (Å²) in [5.41, 5.74) is 0. The maximum atomic E-state index is 5.48. The Morgan fingerprint density at radius 1 is 1.27 bits per heavy atom. The van der Waals surface area contributed by atoms with Crippen molar-refractivity contribution in [1.29, 1.82) is 0 Å². The topological polar surface area (TPSA) is 18.5 Å². The smallest absolute Gasteiger partial charge is 0.0810 e. The molecule has 2 nitrogen and oxygen atoms in total. The molecule has 15 heavy (non-hydrogen) atoms. The fourth-order valence-electron chi connectivity index (χ4n) is 1.07. The second-order valence-electron chi connectivity index (χ2n) is 3.25. The minimum Gasteiger partial charge on any atom is -0.379 e. The Balaban J connectivity index is 1.93. The van der Waals surface area contributed by atoms with Crippen LogP contribution in [-0.2, 0) is 16.1 Å². The van der Waals surface area contributed by atoms with Gasteiger partial charge in [-0.15, -0.1) is 11.3 Å². The van der Waals surface area contributed by atoms with Crippen LogP contribution in [0.25, 0.3) is 0 Å². The van der Waals surface area contributed by atoms with Crippen LogP contribution >= 0.6 is 27.3 Å². The molecular weight excluding hydrogens is 276 g/mol. The maximum absolute atomic E-state index is 5.48. The third-order valence-electron chi connectivity index (χ3n) is 1.88. The molecule has 0 aliphatic heterocycles.